The van der Waals surface area contributed by atoms with Crippen LogP contribution >= 0.6 is 33.9 Å². The molecule has 0 saturated carbocycles. The fraction of sp³-hybridized carbons (Fsp3) is 0.385. The minimum absolute atomic E-state index is 0.259. The van der Waals surface area contributed by atoms with Gasteiger partial charge in [0.1, 0.15) is 18.3 Å². The number of halogens is 1. The Labute approximate surface area is 147 Å². The van der Waals surface area contributed by atoms with Gasteiger partial charge in [-0.2, -0.15) is 0 Å². The van der Waals surface area contributed by atoms with Crippen molar-refractivity contribution in [2.45, 2.75) is 24.5 Å². The maximum atomic E-state index is 12.0. The molecule has 0 aromatic carbocycles. The van der Waals surface area contributed by atoms with Crippen LogP contribution in [0, 0.1) is 2.88 Å². The molecule has 1 saturated heterocycles. The smallest absolute Gasteiger partial charge is 0.330 e. The molecule has 1 aliphatic heterocycles. The molecule has 124 valence electrons. The van der Waals surface area contributed by atoms with Crippen LogP contribution in [0.4, 0.5) is 0 Å². The summed E-state index contributed by atoms with van der Waals surface area (Å²) < 4.78 is 7.33. The van der Waals surface area contributed by atoms with Gasteiger partial charge in [0.05, 0.1) is 15.1 Å². The van der Waals surface area contributed by atoms with E-state index in [0.29, 0.717) is 4.88 Å². The normalized spacial score (nSPS) is 27.5. The number of hydrogen-bond donors (Lipinski definition) is 4. The largest absolute Gasteiger partial charge is 0.394 e. The van der Waals surface area contributed by atoms with Crippen molar-refractivity contribution in [2.75, 3.05) is 6.61 Å². The molecule has 0 radical (unpaired) electrons. The predicted octanol–water partition coefficient (Wildman–Crippen LogP) is -0.519. The van der Waals surface area contributed by atoms with Gasteiger partial charge in [-0.25, -0.2) is 4.79 Å². The SMILES string of the molecule is O=c1[nH]c(=O)n([C@H]2O[C@@H](CO)[C@H](O)[C@H]2O)cc1-c1ccc(I)s1. The highest BCUT2D eigenvalue weighted by Crippen LogP contribution is 2.30. The van der Waals surface area contributed by atoms with Gasteiger partial charge in [-0.3, -0.25) is 14.3 Å². The highest BCUT2D eigenvalue weighted by atomic mass is 127. The van der Waals surface area contributed by atoms with Gasteiger partial charge in [0.25, 0.3) is 5.56 Å². The Balaban J connectivity index is 2.07. The second-order valence-corrected chi connectivity index (χ2v) is 8.02. The Hall–Kier alpha value is -1.05. The lowest BCUT2D eigenvalue weighted by Gasteiger charge is -2.17. The van der Waals surface area contributed by atoms with Crippen molar-refractivity contribution in [3.05, 3.63) is 42.1 Å². The van der Waals surface area contributed by atoms with Gasteiger partial charge < -0.3 is 20.1 Å². The third kappa shape index (κ3) is 3.02. The van der Waals surface area contributed by atoms with E-state index in [4.69, 9.17) is 9.84 Å². The van der Waals surface area contributed by atoms with Gasteiger partial charge in [-0.05, 0) is 34.7 Å². The molecule has 4 N–H and O–H groups in total. The zero-order valence-electron chi connectivity index (χ0n) is 11.5. The van der Waals surface area contributed by atoms with Crippen LogP contribution in [0.25, 0.3) is 10.4 Å². The zero-order chi connectivity index (χ0) is 16.7. The van der Waals surface area contributed by atoms with E-state index in [0.717, 1.165) is 7.45 Å². The molecule has 0 aliphatic carbocycles. The first-order valence-electron chi connectivity index (χ1n) is 6.66. The molecule has 0 amide bonds. The second-order valence-electron chi connectivity index (χ2n) is 5.04. The predicted molar refractivity (Wildman–Crippen MR) is 90.4 cm³/mol. The topological polar surface area (TPSA) is 125 Å². The average Bonchev–Trinajstić information content (AvgIpc) is 3.05. The van der Waals surface area contributed by atoms with Crippen LogP contribution in [-0.4, -0.2) is 49.8 Å². The van der Waals surface area contributed by atoms with Crippen LogP contribution in [0.1, 0.15) is 6.23 Å². The molecule has 0 spiro atoms. The van der Waals surface area contributed by atoms with Crippen molar-refractivity contribution < 1.29 is 20.1 Å². The molecule has 3 heterocycles. The van der Waals surface area contributed by atoms with Gasteiger partial charge in [0, 0.05) is 11.1 Å². The highest BCUT2D eigenvalue weighted by molar-refractivity contribution is 14.1. The van der Waals surface area contributed by atoms with E-state index in [-0.39, 0.29) is 5.56 Å². The number of aliphatic hydroxyl groups is 3. The quantitative estimate of drug-likeness (QED) is 0.465. The lowest BCUT2D eigenvalue weighted by molar-refractivity contribution is -0.0549. The van der Waals surface area contributed by atoms with Crippen molar-refractivity contribution in [3.8, 4) is 10.4 Å². The maximum Gasteiger partial charge on any atom is 0.330 e. The lowest BCUT2D eigenvalue weighted by Crippen LogP contribution is -2.38. The molecule has 0 bridgehead atoms. The molecule has 2 aromatic heterocycles. The number of nitrogens with zero attached hydrogens (tertiary/aromatic N) is 1. The Morgan fingerprint density at radius 3 is 2.61 bits per heavy atom. The van der Waals surface area contributed by atoms with E-state index >= 15 is 0 Å². The first-order valence-corrected chi connectivity index (χ1v) is 8.55. The van der Waals surface area contributed by atoms with Crippen LogP contribution in [-0.2, 0) is 4.74 Å². The van der Waals surface area contributed by atoms with Gasteiger partial charge >= 0.3 is 5.69 Å². The first kappa shape index (κ1) is 16.8. The van der Waals surface area contributed by atoms with Crippen LogP contribution in [0.15, 0.2) is 27.9 Å². The Kier molecular flexibility index (Phi) is 4.71. The summed E-state index contributed by atoms with van der Waals surface area (Å²) in [6, 6.07) is 3.59. The Morgan fingerprint density at radius 1 is 1.30 bits per heavy atom. The molecular formula is C13H13IN2O6S. The third-order valence-electron chi connectivity index (χ3n) is 3.60. The lowest BCUT2D eigenvalue weighted by atomic mass is 10.1. The molecule has 1 aliphatic rings. The molecular weight excluding hydrogens is 439 g/mol. The van der Waals surface area contributed by atoms with E-state index in [9.17, 15) is 19.8 Å². The summed E-state index contributed by atoms with van der Waals surface area (Å²) in [6.45, 7) is -0.497. The number of hydrogen-bond acceptors (Lipinski definition) is 7. The summed E-state index contributed by atoms with van der Waals surface area (Å²) in [5, 5.41) is 29.0. The number of ether oxygens (including phenoxy) is 1. The van der Waals surface area contributed by atoms with Crippen molar-refractivity contribution in [2.24, 2.45) is 0 Å². The van der Waals surface area contributed by atoms with E-state index in [1.807, 2.05) is 6.07 Å². The van der Waals surface area contributed by atoms with Crippen molar-refractivity contribution in [1.82, 2.24) is 9.55 Å². The van der Waals surface area contributed by atoms with Crippen molar-refractivity contribution in [1.29, 1.82) is 0 Å². The summed E-state index contributed by atoms with van der Waals surface area (Å²) in [5.41, 5.74) is -1.05. The van der Waals surface area contributed by atoms with E-state index in [2.05, 4.69) is 27.6 Å². The molecule has 3 rings (SSSR count). The molecule has 4 atom stereocenters. The monoisotopic (exact) mass is 452 g/mol. The summed E-state index contributed by atoms with van der Waals surface area (Å²) in [4.78, 5) is 26.9. The fourth-order valence-corrected chi connectivity index (χ4v) is 4.05. The third-order valence-corrected chi connectivity index (χ3v) is 5.52. The summed E-state index contributed by atoms with van der Waals surface area (Å²) >= 11 is 3.50. The number of rotatable bonds is 3. The number of aromatic nitrogens is 2. The molecule has 10 heteroatoms. The van der Waals surface area contributed by atoms with E-state index in [1.165, 1.54) is 17.5 Å². The van der Waals surface area contributed by atoms with Gasteiger partial charge in [-0.15, -0.1) is 11.3 Å². The minimum Gasteiger partial charge on any atom is -0.394 e. The summed E-state index contributed by atoms with van der Waals surface area (Å²) in [6.07, 6.45) is -3.62. The fourth-order valence-electron chi connectivity index (χ4n) is 2.42. The molecule has 8 nitrogen and oxygen atoms in total. The minimum atomic E-state index is -1.40. The average molecular weight is 452 g/mol. The number of thiophene rings is 1. The Morgan fingerprint density at radius 2 is 2.04 bits per heavy atom. The summed E-state index contributed by atoms with van der Waals surface area (Å²) in [5.74, 6) is 0. The maximum absolute atomic E-state index is 12.0. The van der Waals surface area contributed by atoms with Gasteiger partial charge in [-0.1, -0.05) is 0 Å². The number of nitrogens with one attached hydrogen (secondary N) is 1. The van der Waals surface area contributed by atoms with E-state index in [1.54, 1.807) is 6.07 Å². The first-order chi connectivity index (χ1) is 10.9. The van der Waals surface area contributed by atoms with E-state index < -0.39 is 42.4 Å². The standard InChI is InChI=1S/C13H13IN2O6S/c14-8-2-1-7(23-8)5-3-16(13(21)15-11(5)20)12-10(19)9(18)6(4-17)22-12/h1-3,6,9-10,12,17-19H,4H2,(H,15,20,21)/t6-,9-,10+,12-/m0/s1. The number of aromatic amines is 1. The molecule has 1 fully saturated rings. The Bertz CT molecular complexity index is 830. The van der Waals surface area contributed by atoms with Crippen molar-refractivity contribution >= 4 is 33.9 Å². The number of aliphatic hydroxyl groups excluding tert-OH is 3. The highest BCUT2D eigenvalue weighted by Gasteiger charge is 2.43. The van der Waals surface area contributed by atoms with Gasteiger partial charge in [0.2, 0.25) is 0 Å². The van der Waals surface area contributed by atoms with Crippen LogP contribution in [0.5, 0.6) is 0 Å². The van der Waals surface area contributed by atoms with Crippen molar-refractivity contribution in [3.63, 3.8) is 0 Å². The van der Waals surface area contributed by atoms with Gasteiger partial charge in [0.15, 0.2) is 6.23 Å². The number of H-pyrrole nitrogens is 1. The molecule has 0 unspecified atom stereocenters. The molecule has 2 aromatic rings. The zero-order valence-corrected chi connectivity index (χ0v) is 14.5. The molecule has 23 heavy (non-hydrogen) atoms. The van der Waals surface area contributed by atoms with Crippen LogP contribution in [0.2, 0.25) is 0 Å². The summed E-state index contributed by atoms with van der Waals surface area (Å²) in [7, 11) is 0. The van der Waals surface area contributed by atoms with Crippen LogP contribution < -0.4 is 11.2 Å². The second kappa shape index (κ2) is 6.45. The van der Waals surface area contributed by atoms with Crippen LogP contribution in [0.3, 0.4) is 0 Å².